The van der Waals surface area contributed by atoms with E-state index in [1.54, 1.807) is 6.07 Å². The molecule has 1 saturated heterocycles. The van der Waals surface area contributed by atoms with Gasteiger partial charge in [0.15, 0.2) is 0 Å². The number of esters is 1. The lowest BCUT2D eigenvalue weighted by atomic mass is 10.0. The first-order chi connectivity index (χ1) is 8.22. The maximum Gasteiger partial charge on any atom is 0.340 e. The first-order valence-corrected chi connectivity index (χ1v) is 5.54. The summed E-state index contributed by atoms with van der Waals surface area (Å²) in [7, 11) is 1.24. The fourth-order valence-electron chi connectivity index (χ4n) is 1.91. The molecule has 0 aliphatic carbocycles. The van der Waals surface area contributed by atoms with Crippen LogP contribution in [0.15, 0.2) is 18.2 Å². The van der Waals surface area contributed by atoms with Crippen LogP contribution in [-0.2, 0) is 4.74 Å². The average molecular weight is 238 g/mol. The quantitative estimate of drug-likeness (QED) is 0.750. The lowest BCUT2D eigenvalue weighted by Gasteiger charge is -2.25. The predicted molar refractivity (Wildman–Crippen MR) is 61.4 cm³/mol. The van der Waals surface area contributed by atoms with Crippen molar-refractivity contribution in [3.05, 3.63) is 35.1 Å². The van der Waals surface area contributed by atoms with Crippen molar-refractivity contribution in [2.24, 2.45) is 0 Å². The molecule has 0 radical (unpaired) electrons. The van der Waals surface area contributed by atoms with Crippen molar-refractivity contribution in [1.29, 1.82) is 0 Å². The fourth-order valence-corrected chi connectivity index (χ4v) is 1.91. The van der Waals surface area contributed by atoms with Gasteiger partial charge in [0, 0.05) is 25.7 Å². The monoisotopic (exact) mass is 238 g/mol. The number of hydrogen-bond acceptors (Lipinski definition) is 4. The van der Waals surface area contributed by atoms with Crippen LogP contribution in [0.1, 0.15) is 22.0 Å². The van der Waals surface area contributed by atoms with Crippen LogP contribution in [0.5, 0.6) is 0 Å². The highest BCUT2D eigenvalue weighted by molar-refractivity contribution is 5.89. The zero-order chi connectivity index (χ0) is 12.3. The second-order valence-corrected chi connectivity index (χ2v) is 3.94. The Morgan fingerprint density at radius 2 is 2.29 bits per heavy atom. The smallest absolute Gasteiger partial charge is 0.340 e. The summed E-state index contributed by atoms with van der Waals surface area (Å²) in [5, 5.41) is 6.50. The normalized spacial score (nSPS) is 20.0. The molecule has 4 nitrogen and oxygen atoms in total. The number of piperazine rings is 1. The Balaban J connectivity index is 2.20. The third-order valence-electron chi connectivity index (χ3n) is 2.84. The Morgan fingerprint density at radius 1 is 1.47 bits per heavy atom. The van der Waals surface area contributed by atoms with E-state index < -0.39 is 11.8 Å². The third-order valence-corrected chi connectivity index (χ3v) is 2.84. The summed E-state index contributed by atoms with van der Waals surface area (Å²) in [6.07, 6.45) is 0. The molecule has 0 amide bonds. The molecule has 1 unspecified atom stereocenters. The largest absolute Gasteiger partial charge is 0.465 e. The van der Waals surface area contributed by atoms with Crippen LogP contribution in [0.2, 0.25) is 0 Å². The summed E-state index contributed by atoms with van der Waals surface area (Å²) in [6.45, 7) is 2.53. The van der Waals surface area contributed by atoms with Crippen molar-refractivity contribution in [2.45, 2.75) is 6.04 Å². The minimum Gasteiger partial charge on any atom is -0.465 e. The fraction of sp³-hybridized carbons (Fsp3) is 0.417. The number of methoxy groups -OCH3 is 1. The van der Waals surface area contributed by atoms with E-state index >= 15 is 0 Å². The van der Waals surface area contributed by atoms with Crippen LogP contribution >= 0.6 is 0 Å². The Hall–Kier alpha value is -1.46. The van der Waals surface area contributed by atoms with Gasteiger partial charge in [-0.1, -0.05) is 6.07 Å². The summed E-state index contributed by atoms with van der Waals surface area (Å²) in [6, 6.07) is 4.69. The van der Waals surface area contributed by atoms with Gasteiger partial charge in [0.2, 0.25) is 0 Å². The number of ether oxygens (including phenoxy) is 1. The molecule has 1 fully saturated rings. The SMILES string of the molecule is COC(=O)c1ccc(C2CNCCN2)cc1F. The summed E-state index contributed by atoms with van der Waals surface area (Å²) < 4.78 is 18.2. The standard InChI is InChI=1S/C12H15FN2O2/c1-17-12(16)9-3-2-8(6-10(9)13)11-7-14-4-5-15-11/h2-3,6,11,14-15H,4-5,7H2,1H3. The summed E-state index contributed by atoms with van der Waals surface area (Å²) in [5.41, 5.74) is 0.808. The van der Waals surface area contributed by atoms with Crippen LogP contribution in [0.4, 0.5) is 4.39 Å². The number of halogens is 1. The van der Waals surface area contributed by atoms with Crippen LogP contribution in [-0.4, -0.2) is 32.7 Å². The molecule has 1 aliphatic rings. The van der Waals surface area contributed by atoms with Gasteiger partial charge in [0.05, 0.1) is 12.7 Å². The minimum absolute atomic E-state index is 0.0278. The molecule has 92 valence electrons. The van der Waals surface area contributed by atoms with Crippen LogP contribution < -0.4 is 10.6 Å². The molecule has 0 bridgehead atoms. The van der Waals surface area contributed by atoms with Gasteiger partial charge in [-0.3, -0.25) is 0 Å². The Morgan fingerprint density at radius 3 is 2.88 bits per heavy atom. The lowest BCUT2D eigenvalue weighted by Crippen LogP contribution is -2.42. The van der Waals surface area contributed by atoms with E-state index in [4.69, 9.17) is 0 Å². The van der Waals surface area contributed by atoms with Crippen LogP contribution in [0, 0.1) is 5.82 Å². The van der Waals surface area contributed by atoms with Gasteiger partial charge in [0.25, 0.3) is 0 Å². The highest BCUT2D eigenvalue weighted by Gasteiger charge is 2.18. The minimum atomic E-state index is -0.649. The van der Waals surface area contributed by atoms with Crippen molar-refractivity contribution < 1.29 is 13.9 Å². The first kappa shape index (κ1) is 12.0. The van der Waals surface area contributed by atoms with Crippen molar-refractivity contribution in [3.8, 4) is 0 Å². The topological polar surface area (TPSA) is 50.4 Å². The van der Waals surface area contributed by atoms with Crippen molar-refractivity contribution in [2.75, 3.05) is 26.7 Å². The van der Waals surface area contributed by atoms with E-state index in [-0.39, 0.29) is 11.6 Å². The van der Waals surface area contributed by atoms with Gasteiger partial charge in [-0.2, -0.15) is 0 Å². The number of carbonyl (C=O) groups excluding carboxylic acids is 1. The van der Waals surface area contributed by atoms with E-state index in [9.17, 15) is 9.18 Å². The van der Waals surface area contributed by atoms with Gasteiger partial charge >= 0.3 is 5.97 Å². The highest BCUT2D eigenvalue weighted by Crippen LogP contribution is 2.18. The highest BCUT2D eigenvalue weighted by atomic mass is 19.1. The number of benzene rings is 1. The van der Waals surface area contributed by atoms with E-state index in [0.29, 0.717) is 0 Å². The second kappa shape index (κ2) is 5.25. The number of rotatable bonds is 2. The lowest BCUT2D eigenvalue weighted by molar-refractivity contribution is 0.0595. The molecule has 1 aromatic rings. The summed E-state index contributed by atoms with van der Waals surface area (Å²) in [4.78, 5) is 11.2. The molecule has 17 heavy (non-hydrogen) atoms. The van der Waals surface area contributed by atoms with Gasteiger partial charge < -0.3 is 15.4 Å². The predicted octanol–water partition coefficient (Wildman–Crippen LogP) is 0.846. The van der Waals surface area contributed by atoms with Gasteiger partial charge in [-0.05, 0) is 17.7 Å². The number of carbonyl (C=O) groups is 1. The van der Waals surface area contributed by atoms with Crippen LogP contribution in [0.25, 0.3) is 0 Å². The van der Waals surface area contributed by atoms with E-state index in [1.807, 2.05) is 0 Å². The molecule has 0 spiro atoms. The summed E-state index contributed by atoms with van der Waals surface area (Å²) >= 11 is 0. The Labute approximate surface area is 99.2 Å². The van der Waals surface area contributed by atoms with Crippen LogP contribution in [0.3, 0.4) is 0 Å². The van der Waals surface area contributed by atoms with Gasteiger partial charge in [-0.25, -0.2) is 9.18 Å². The van der Waals surface area contributed by atoms with Gasteiger partial charge in [0.1, 0.15) is 5.82 Å². The third kappa shape index (κ3) is 2.62. The molecular weight excluding hydrogens is 223 g/mol. The van der Waals surface area contributed by atoms with E-state index in [0.717, 1.165) is 25.2 Å². The molecule has 5 heteroatoms. The molecule has 0 saturated carbocycles. The number of nitrogens with one attached hydrogen (secondary N) is 2. The molecule has 2 N–H and O–H groups in total. The zero-order valence-corrected chi connectivity index (χ0v) is 9.63. The molecule has 1 aliphatic heterocycles. The Kier molecular flexibility index (Phi) is 3.71. The zero-order valence-electron chi connectivity index (χ0n) is 9.63. The molecule has 0 aromatic heterocycles. The van der Waals surface area contributed by atoms with E-state index in [2.05, 4.69) is 15.4 Å². The maximum atomic E-state index is 13.7. The molecule has 1 heterocycles. The van der Waals surface area contributed by atoms with Crippen molar-refractivity contribution in [1.82, 2.24) is 10.6 Å². The van der Waals surface area contributed by atoms with E-state index in [1.165, 1.54) is 19.2 Å². The molecule has 1 atom stereocenters. The Bertz CT molecular complexity index is 417. The second-order valence-electron chi connectivity index (χ2n) is 3.94. The molecular formula is C12H15FN2O2. The number of hydrogen-bond donors (Lipinski definition) is 2. The van der Waals surface area contributed by atoms with Gasteiger partial charge in [-0.15, -0.1) is 0 Å². The summed E-state index contributed by atoms with van der Waals surface area (Å²) in [5.74, 6) is -1.19. The average Bonchev–Trinajstić information content (AvgIpc) is 2.39. The van der Waals surface area contributed by atoms with Crippen molar-refractivity contribution in [3.63, 3.8) is 0 Å². The molecule has 1 aromatic carbocycles. The molecule has 2 rings (SSSR count). The van der Waals surface area contributed by atoms with Crippen molar-refractivity contribution >= 4 is 5.97 Å². The first-order valence-electron chi connectivity index (χ1n) is 5.54. The maximum absolute atomic E-state index is 13.7.